The van der Waals surface area contributed by atoms with E-state index in [1.54, 1.807) is 6.92 Å². The summed E-state index contributed by atoms with van der Waals surface area (Å²) in [5.41, 5.74) is 5.73. The summed E-state index contributed by atoms with van der Waals surface area (Å²) < 4.78 is 26.4. The zero-order valence-electron chi connectivity index (χ0n) is 7.35. The molecule has 0 radical (unpaired) electrons. The van der Waals surface area contributed by atoms with E-state index in [1.807, 2.05) is 0 Å². The van der Waals surface area contributed by atoms with Crippen LogP contribution in [0.3, 0.4) is 0 Å². The quantitative estimate of drug-likeness (QED) is 0.700. The highest BCUT2D eigenvalue weighted by Crippen LogP contribution is 2.21. The van der Waals surface area contributed by atoms with Crippen LogP contribution in [0, 0.1) is 18.6 Å². The number of halogens is 2. The number of rotatable bonds is 2. The van der Waals surface area contributed by atoms with Crippen LogP contribution in [0.1, 0.15) is 17.2 Å². The van der Waals surface area contributed by atoms with E-state index >= 15 is 0 Å². The molecule has 70 valence electrons. The van der Waals surface area contributed by atoms with E-state index in [0.717, 1.165) is 0 Å². The van der Waals surface area contributed by atoms with Crippen molar-refractivity contribution in [2.75, 3.05) is 0 Å². The molecular weight excluding hydrogens is 172 g/mol. The Kier molecular flexibility index (Phi) is 2.78. The molecule has 2 N–H and O–H groups in total. The highest BCUT2D eigenvalue weighted by Gasteiger charge is 2.15. The largest absolute Gasteiger partial charge is 0.321 e. The van der Waals surface area contributed by atoms with Crippen molar-refractivity contribution in [1.29, 1.82) is 0 Å². The fourth-order valence-corrected chi connectivity index (χ4v) is 1.10. The molecule has 0 aliphatic heterocycles. The molecule has 0 aliphatic carbocycles. The highest BCUT2D eigenvalue weighted by atomic mass is 19.1. The number of hydrogen-bond donors (Lipinski definition) is 1. The van der Waals surface area contributed by atoms with E-state index < -0.39 is 17.7 Å². The Labute approximate surface area is 75.9 Å². The molecule has 1 aromatic rings. The summed E-state index contributed by atoms with van der Waals surface area (Å²) in [7, 11) is 0. The molecule has 1 rings (SSSR count). The number of nitrogens with two attached hydrogens (primary N) is 1. The molecule has 0 amide bonds. The maximum Gasteiger partial charge on any atom is 0.134 e. The van der Waals surface area contributed by atoms with E-state index in [2.05, 4.69) is 6.58 Å². The number of aryl methyl sites for hydroxylation is 1. The molecule has 0 saturated carbocycles. The maximum absolute atomic E-state index is 13.3. The van der Waals surface area contributed by atoms with E-state index in [9.17, 15) is 8.78 Å². The van der Waals surface area contributed by atoms with Gasteiger partial charge < -0.3 is 5.73 Å². The predicted octanol–water partition coefficient (Wildman–Crippen LogP) is 2.46. The minimum atomic E-state index is -0.792. The topological polar surface area (TPSA) is 26.0 Å². The normalized spacial score (nSPS) is 12.6. The molecule has 0 saturated heterocycles. The SMILES string of the molecule is C=C[C@H](N)c1c(F)ccc(C)c1F. The van der Waals surface area contributed by atoms with Crippen LogP contribution in [-0.2, 0) is 0 Å². The number of benzene rings is 1. The Bertz CT molecular complexity index is 334. The minimum Gasteiger partial charge on any atom is -0.321 e. The van der Waals surface area contributed by atoms with Crippen LogP contribution in [0.2, 0.25) is 0 Å². The van der Waals surface area contributed by atoms with Gasteiger partial charge in [0.1, 0.15) is 11.6 Å². The predicted molar refractivity (Wildman–Crippen MR) is 48.2 cm³/mol. The van der Waals surface area contributed by atoms with Crippen LogP contribution in [0.5, 0.6) is 0 Å². The fraction of sp³-hybridized carbons (Fsp3) is 0.200. The van der Waals surface area contributed by atoms with Crippen LogP contribution in [0.4, 0.5) is 8.78 Å². The average molecular weight is 183 g/mol. The Morgan fingerprint density at radius 2 is 2.08 bits per heavy atom. The second-order valence-corrected chi connectivity index (χ2v) is 2.85. The average Bonchev–Trinajstić information content (AvgIpc) is 2.12. The van der Waals surface area contributed by atoms with Crippen molar-refractivity contribution in [3.63, 3.8) is 0 Å². The lowest BCUT2D eigenvalue weighted by Gasteiger charge is -2.10. The smallest absolute Gasteiger partial charge is 0.134 e. The maximum atomic E-state index is 13.3. The van der Waals surface area contributed by atoms with Crippen LogP contribution in [0.25, 0.3) is 0 Å². The Morgan fingerprint density at radius 1 is 1.46 bits per heavy atom. The van der Waals surface area contributed by atoms with Crippen molar-refractivity contribution in [3.8, 4) is 0 Å². The van der Waals surface area contributed by atoms with E-state index in [1.165, 1.54) is 18.2 Å². The number of hydrogen-bond acceptors (Lipinski definition) is 1. The van der Waals surface area contributed by atoms with Gasteiger partial charge in [0.25, 0.3) is 0 Å². The molecule has 3 heteroatoms. The first-order valence-corrected chi connectivity index (χ1v) is 3.90. The van der Waals surface area contributed by atoms with Crippen molar-refractivity contribution in [2.24, 2.45) is 5.73 Å². The third-order valence-electron chi connectivity index (χ3n) is 1.91. The zero-order valence-corrected chi connectivity index (χ0v) is 7.35. The van der Waals surface area contributed by atoms with Gasteiger partial charge in [0, 0.05) is 5.56 Å². The summed E-state index contributed by atoms with van der Waals surface area (Å²) in [4.78, 5) is 0. The molecule has 0 bridgehead atoms. The summed E-state index contributed by atoms with van der Waals surface area (Å²) in [5, 5.41) is 0. The van der Waals surface area contributed by atoms with E-state index in [0.29, 0.717) is 5.56 Å². The van der Waals surface area contributed by atoms with Gasteiger partial charge in [0.2, 0.25) is 0 Å². The van der Waals surface area contributed by atoms with Gasteiger partial charge in [-0.2, -0.15) is 0 Å². The molecule has 0 aromatic heterocycles. The lowest BCUT2D eigenvalue weighted by molar-refractivity contribution is 0.541. The van der Waals surface area contributed by atoms with E-state index in [4.69, 9.17) is 5.73 Å². The second kappa shape index (κ2) is 3.66. The molecule has 1 nitrogen and oxygen atoms in total. The monoisotopic (exact) mass is 183 g/mol. The van der Waals surface area contributed by atoms with Crippen molar-refractivity contribution in [3.05, 3.63) is 47.5 Å². The van der Waals surface area contributed by atoms with E-state index in [-0.39, 0.29) is 5.56 Å². The fourth-order valence-electron chi connectivity index (χ4n) is 1.10. The highest BCUT2D eigenvalue weighted by molar-refractivity contribution is 5.30. The third kappa shape index (κ3) is 1.75. The van der Waals surface area contributed by atoms with Gasteiger partial charge in [-0.05, 0) is 18.6 Å². The summed E-state index contributed by atoms with van der Waals surface area (Å²) >= 11 is 0. The summed E-state index contributed by atoms with van der Waals surface area (Å²) in [6.45, 7) is 4.95. The Hall–Kier alpha value is -1.22. The van der Waals surface area contributed by atoms with Gasteiger partial charge in [-0.3, -0.25) is 0 Å². The molecule has 0 spiro atoms. The van der Waals surface area contributed by atoms with Gasteiger partial charge in [0.15, 0.2) is 0 Å². The first-order chi connectivity index (χ1) is 6.07. The van der Waals surface area contributed by atoms with Crippen LogP contribution in [0.15, 0.2) is 24.8 Å². The molecule has 1 atom stereocenters. The Morgan fingerprint density at radius 3 is 2.62 bits per heavy atom. The zero-order chi connectivity index (χ0) is 10.0. The van der Waals surface area contributed by atoms with Crippen molar-refractivity contribution in [1.82, 2.24) is 0 Å². The van der Waals surface area contributed by atoms with Crippen molar-refractivity contribution < 1.29 is 8.78 Å². The molecule has 0 aliphatic rings. The summed E-state index contributed by atoms with van der Waals surface area (Å²) in [6.07, 6.45) is 1.31. The van der Waals surface area contributed by atoms with Gasteiger partial charge >= 0.3 is 0 Å². The molecule has 0 fully saturated rings. The second-order valence-electron chi connectivity index (χ2n) is 2.85. The molecule has 0 unspecified atom stereocenters. The summed E-state index contributed by atoms with van der Waals surface area (Å²) in [5.74, 6) is -1.22. The minimum absolute atomic E-state index is 0.116. The van der Waals surface area contributed by atoms with Gasteiger partial charge in [-0.15, -0.1) is 6.58 Å². The lowest BCUT2D eigenvalue weighted by atomic mass is 10.0. The van der Waals surface area contributed by atoms with Gasteiger partial charge in [-0.25, -0.2) is 8.78 Å². The first kappa shape index (κ1) is 9.86. The van der Waals surface area contributed by atoms with Crippen LogP contribution >= 0.6 is 0 Å². The van der Waals surface area contributed by atoms with Gasteiger partial charge in [0.05, 0.1) is 6.04 Å². The van der Waals surface area contributed by atoms with Crippen molar-refractivity contribution >= 4 is 0 Å². The standard InChI is InChI=1S/C10H11F2N/c1-3-8(13)9-7(11)5-4-6(2)10(9)12/h3-5,8H,1,13H2,2H3/t8-/m0/s1. The molecule has 1 aromatic carbocycles. The first-order valence-electron chi connectivity index (χ1n) is 3.90. The van der Waals surface area contributed by atoms with Gasteiger partial charge in [-0.1, -0.05) is 12.1 Å². The molecule has 13 heavy (non-hydrogen) atoms. The molecular formula is C10H11F2N. The van der Waals surface area contributed by atoms with Crippen LogP contribution in [-0.4, -0.2) is 0 Å². The third-order valence-corrected chi connectivity index (χ3v) is 1.91. The molecule has 0 heterocycles. The van der Waals surface area contributed by atoms with Crippen molar-refractivity contribution in [2.45, 2.75) is 13.0 Å². The lowest BCUT2D eigenvalue weighted by Crippen LogP contribution is -2.12. The van der Waals surface area contributed by atoms with Crippen LogP contribution < -0.4 is 5.73 Å². The summed E-state index contributed by atoms with van der Waals surface area (Å²) in [6, 6.07) is 1.79. The Balaban J connectivity index is 3.32.